The summed E-state index contributed by atoms with van der Waals surface area (Å²) in [6.07, 6.45) is 3.63. The first-order valence-corrected chi connectivity index (χ1v) is 9.65. The first-order valence-electron chi connectivity index (χ1n) is 9.65. The highest BCUT2D eigenvalue weighted by atomic mass is 16.2. The summed E-state index contributed by atoms with van der Waals surface area (Å²) in [7, 11) is 0. The van der Waals surface area contributed by atoms with Gasteiger partial charge in [-0.3, -0.25) is 9.59 Å². The molecule has 1 fully saturated rings. The monoisotopic (exact) mass is 363 g/mol. The first kappa shape index (κ1) is 17.6. The van der Waals surface area contributed by atoms with E-state index in [1.165, 1.54) is 16.8 Å². The molecule has 2 amide bonds. The fourth-order valence-corrected chi connectivity index (χ4v) is 4.01. The van der Waals surface area contributed by atoms with E-state index in [1.54, 1.807) is 4.90 Å². The maximum Gasteiger partial charge on any atom is 0.243 e. The Morgan fingerprint density at radius 2 is 1.93 bits per heavy atom. The summed E-state index contributed by atoms with van der Waals surface area (Å²) in [6, 6.07) is 14.0. The summed E-state index contributed by atoms with van der Waals surface area (Å²) >= 11 is 0. The molecule has 2 aliphatic rings. The highest BCUT2D eigenvalue weighted by molar-refractivity contribution is 5.98. The molecule has 0 saturated carbocycles. The molecule has 1 saturated heterocycles. The van der Waals surface area contributed by atoms with Crippen molar-refractivity contribution in [2.75, 3.05) is 34.8 Å². The number of nitrogens with zero attached hydrogens (tertiary/aromatic N) is 2. The van der Waals surface area contributed by atoms with Crippen LogP contribution in [0, 0.1) is 6.92 Å². The smallest absolute Gasteiger partial charge is 0.243 e. The third kappa shape index (κ3) is 3.82. The Morgan fingerprint density at radius 1 is 1.07 bits per heavy atom. The molecule has 0 radical (unpaired) electrons. The molecule has 27 heavy (non-hydrogen) atoms. The standard InChI is InChI=1S/C22H25N3O2/c1-16-9-10-20-17(13-16)5-3-11-24(20)15-21(26)23-18-6-2-7-19(14-18)25-12-4-8-22(25)27/h2,6-7,9-10,13-14H,3-5,8,11-12,15H2,1H3,(H,23,26). The van der Waals surface area contributed by atoms with Gasteiger partial charge in [0, 0.05) is 36.6 Å². The van der Waals surface area contributed by atoms with Crippen molar-refractivity contribution >= 4 is 28.9 Å². The molecule has 2 aromatic carbocycles. The lowest BCUT2D eigenvalue weighted by atomic mass is 9.99. The van der Waals surface area contributed by atoms with Crippen molar-refractivity contribution in [3.05, 3.63) is 53.6 Å². The topological polar surface area (TPSA) is 52.7 Å². The Morgan fingerprint density at radius 3 is 2.74 bits per heavy atom. The van der Waals surface area contributed by atoms with Crippen LogP contribution in [0.2, 0.25) is 0 Å². The first-order chi connectivity index (χ1) is 13.1. The van der Waals surface area contributed by atoms with Crippen molar-refractivity contribution in [1.82, 2.24) is 0 Å². The van der Waals surface area contributed by atoms with Crippen LogP contribution >= 0.6 is 0 Å². The third-order valence-corrected chi connectivity index (χ3v) is 5.30. The van der Waals surface area contributed by atoms with Gasteiger partial charge in [0.2, 0.25) is 11.8 Å². The predicted molar refractivity (Wildman–Crippen MR) is 108 cm³/mol. The lowest BCUT2D eigenvalue weighted by Gasteiger charge is -2.31. The van der Waals surface area contributed by atoms with Crippen molar-refractivity contribution in [3.8, 4) is 0 Å². The van der Waals surface area contributed by atoms with E-state index in [4.69, 9.17) is 0 Å². The van der Waals surface area contributed by atoms with Crippen molar-refractivity contribution in [2.45, 2.75) is 32.6 Å². The fraction of sp³-hybridized carbons (Fsp3) is 0.364. The average molecular weight is 363 g/mol. The van der Waals surface area contributed by atoms with Crippen molar-refractivity contribution in [2.24, 2.45) is 0 Å². The van der Waals surface area contributed by atoms with Gasteiger partial charge in [0.25, 0.3) is 0 Å². The largest absolute Gasteiger partial charge is 0.362 e. The summed E-state index contributed by atoms with van der Waals surface area (Å²) in [4.78, 5) is 28.5. The van der Waals surface area contributed by atoms with Gasteiger partial charge in [-0.2, -0.15) is 0 Å². The molecule has 0 unspecified atom stereocenters. The molecular weight excluding hydrogens is 338 g/mol. The zero-order chi connectivity index (χ0) is 18.8. The lowest BCUT2D eigenvalue weighted by Crippen LogP contribution is -2.36. The molecule has 5 heteroatoms. The van der Waals surface area contributed by atoms with Crippen LogP contribution in [0.4, 0.5) is 17.1 Å². The molecule has 2 heterocycles. The maximum atomic E-state index is 12.6. The zero-order valence-electron chi connectivity index (χ0n) is 15.7. The van der Waals surface area contributed by atoms with E-state index in [-0.39, 0.29) is 11.8 Å². The molecule has 0 aromatic heterocycles. The Balaban J connectivity index is 1.44. The summed E-state index contributed by atoms with van der Waals surface area (Å²) in [5.74, 6) is 0.118. The molecule has 0 bridgehead atoms. The van der Waals surface area contributed by atoms with E-state index >= 15 is 0 Å². The van der Waals surface area contributed by atoms with Crippen LogP contribution in [0.25, 0.3) is 0 Å². The molecule has 1 N–H and O–H groups in total. The lowest BCUT2D eigenvalue weighted by molar-refractivity contribution is -0.117. The molecule has 140 valence electrons. The number of benzene rings is 2. The average Bonchev–Trinajstić information content (AvgIpc) is 3.08. The van der Waals surface area contributed by atoms with Crippen molar-refractivity contribution in [3.63, 3.8) is 0 Å². The van der Waals surface area contributed by atoms with Crippen LogP contribution in [0.3, 0.4) is 0 Å². The van der Waals surface area contributed by atoms with Gasteiger partial charge < -0.3 is 15.1 Å². The third-order valence-electron chi connectivity index (χ3n) is 5.30. The summed E-state index contributed by atoms with van der Waals surface area (Å²) in [5, 5.41) is 2.99. The number of aryl methyl sites for hydroxylation is 2. The van der Waals surface area contributed by atoms with Gasteiger partial charge in [0.1, 0.15) is 0 Å². The summed E-state index contributed by atoms with van der Waals surface area (Å²) in [6.45, 7) is 4.08. The number of amides is 2. The van der Waals surface area contributed by atoms with E-state index in [1.807, 2.05) is 24.3 Å². The normalized spacial score (nSPS) is 16.4. The van der Waals surface area contributed by atoms with Gasteiger partial charge in [-0.05, 0) is 56.0 Å². The minimum Gasteiger partial charge on any atom is -0.362 e. The number of hydrogen-bond acceptors (Lipinski definition) is 3. The van der Waals surface area contributed by atoms with Crippen LogP contribution < -0.4 is 15.1 Å². The van der Waals surface area contributed by atoms with E-state index in [9.17, 15) is 9.59 Å². The Bertz CT molecular complexity index is 878. The molecule has 5 nitrogen and oxygen atoms in total. The zero-order valence-corrected chi connectivity index (χ0v) is 15.7. The molecule has 2 aliphatic heterocycles. The van der Waals surface area contributed by atoms with Crippen LogP contribution in [-0.2, 0) is 16.0 Å². The van der Waals surface area contributed by atoms with E-state index in [0.717, 1.165) is 43.7 Å². The van der Waals surface area contributed by atoms with Gasteiger partial charge in [-0.1, -0.05) is 23.8 Å². The number of carbonyl (C=O) groups excluding carboxylic acids is 2. The second kappa shape index (κ2) is 7.43. The van der Waals surface area contributed by atoms with Crippen LogP contribution in [0.5, 0.6) is 0 Å². The predicted octanol–water partition coefficient (Wildman–Crippen LogP) is 3.51. The molecule has 2 aromatic rings. The molecular formula is C22H25N3O2. The highest BCUT2D eigenvalue weighted by Crippen LogP contribution is 2.28. The highest BCUT2D eigenvalue weighted by Gasteiger charge is 2.22. The summed E-state index contributed by atoms with van der Waals surface area (Å²) in [5.41, 5.74) is 5.34. The van der Waals surface area contributed by atoms with Gasteiger partial charge in [-0.15, -0.1) is 0 Å². The van der Waals surface area contributed by atoms with Gasteiger partial charge in [-0.25, -0.2) is 0 Å². The molecule has 0 spiro atoms. The minimum absolute atomic E-state index is 0.0340. The number of nitrogens with one attached hydrogen (secondary N) is 1. The van der Waals surface area contributed by atoms with Gasteiger partial charge in [0.05, 0.1) is 6.54 Å². The molecule has 0 atom stereocenters. The minimum atomic E-state index is -0.0340. The number of fused-ring (bicyclic) bond motifs is 1. The number of anilines is 3. The summed E-state index contributed by atoms with van der Waals surface area (Å²) < 4.78 is 0. The molecule has 0 aliphatic carbocycles. The molecule has 4 rings (SSSR count). The van der Waals surface area contributed by atoms with E-state index < -0.39 is 0 Å². The maximum absolute atomic E-state index is 12.6. The number of hydrogen-bond donors (Lipinski definition) is 1. The van der Waals surface area contributed by atoms with Crippen molar-refractivity contribution < 1.29 is 9.59 Å². The van der Waals surface area contributed by atoms with Crippen molar-refractivity contribution in [1.29, 1.82) is 0 Å². The number of carbonyl (C=O) groups is 2. The second-order valence-electron chi connectivity index (χ2n) is 7.40. The Kier molecular flexibility index (Phi) is 4.84. The van der Waals surface area contributed by atoms with E-state index in [2.05, 4.69) is 35.3 Å². The quantitative estimate of drug-likeness (QED) is 0.904. The SMILES string of the molecule is Cc1ccc2c(c1)CCCN2CC(=O)Nc1cccc(N2CCCC2=O)c1. The van der Waals surface area contributed by atoms with Crippen LogP contribution in [0.1, 0.15) is 30.4 Å². The van der Waals surface area contributed by atoms with Crippen LogP contribution in [0.15, 0.2) is 42.5 Å². The Hall–Kier alpha value is -2.82. The van der Waals surface area contributed by atoms with Gasteiger partial charge in [0.15, 0.2) is 0 Å². The van der Waals surface area contributed by atoms with E-state index in [0.29, 0.717) is 13.0 Å². The van der Waals surface area contributed by atoms with Crippen LogP contribution in [-0.4, -0.2) is 31.4 Å². The van der Waals surface area contributed by atoms with Gasteiger partial charge >= 0.3 is 0 Å². The fourth-order valence-electron chi connectivity index (χ4n) is 4.01. The Labute approximate surface area is 160 Å². The second-order valence-corrected chi connectivity index (χ2v) is 7.40. The number of rotatable bonds is 4.